The van der Waals surface area contributed by atoms with Gasteiger partial charge in [0.1, 0.15) is 0 Å². The molecule has 1 aliphatic rings. The topological polar surface area (TPSA) is 45.2 Å². The van der Waals surface area contributed by atoms with Gasteiger partial charge in [0, 0.05) is 17.5 Å². The Balaban J connectivity index is 1.63. The Labute approximate surface area is 147 Å². The van der Waals surface area contributed by atoms with E-state index in [4.69, 9.17) is 0 Å². The van der Waals surface area contributed by atoms with Gasteiger partial charge in [-0.3, -0.25) is 15.0 Å². The zero-order valence-electron chi connectivity index (χ0n) is 14.5. The number of nitrogens with one attached hydrogen (secondary N) is 1. The van der Waals surface area contributed by atoms with Crippen LogP contribution < -0.4 is 5.32 Å². The first-order valence-electron chi connectivity index (χ1n) is 8.68. The number of thiazole rings is 1. The molecule has 1 N–H and O–H groups in total. The predicted molar refractivity (Wildman–Crippen MR) is 99.7 cm³/mol. The van der Waals surface area contributed by atoms with Crippen molar-refractivity contribution in [2.24, 2.45) is 0 Å². The van der Waals surface area contributed by atoms with Crippen LogP contribution in [0.4, 0.5) is 5.13 Å². The second-order valence-corrected chi connectivity index (χ2v) is 7.39. The highest BCUT2D eigenvalue weighted by molar-refractivity contribution is 7.13. The average Bonchev–Trinajstić information content (AvgIpc) is 2.83. The molecule has 1 aromatic heterocycles. The number of anilines is 1. The fourth-order valence-corrected chi connectivity index (χ4v) is 3.82. The lowest BCUT2D eigenvalue weighted by atomic mass is 10.0. The second-order valence-electron chi connectivity index (χ2n) is 6.54. The van der Waals surface area contributed by atoms with Crippen LogP contribution in [0.1, 0.15) is 52.9 Å². The molecular formula is C19H25N3OS. The van der Waals surface area contributed by atoms with E-state index < -0.39 is 0 Å². The molecule has 0 saturated carbocycles. The summed E-state index contributed by atoms with van der Waals surface area (Å²) in [6.45, 7) is 7.20. The molecular weight excluding hydrogens is 318 g/mol. The standard InChI is InChI=1S/C19H25N3OS/c1-14-8-7-9-17(15(14)2)18(23)21-19-20-16(13-24-19)12-22-10-5-3-4-6-11-22/h7-9,13H,3-6,10-12H2,1-2H3,(H,20,21,23). The van der Waals surface area contributed by atoms with E-state index in [2.05, 4.69) is 20.6 Å². The molecule has 1 aromatic carbocycles. The predicted octanol–water partition coefficient (Wildman–Crippen LogP) is 4.39. The van der Waals surface area contributed by atoms with Gasteiger partial charge in [0.05, 0.1) is 5.69 Å². The van der Waals surface area contributed by atoms with Gasteiger partial charge in [0.25, 0.3) is 5.91 Å². The van der Waals surface area contributed by atoms with Gasteiger partial charge in [-0.1, -0.05) is 25.0 Å². The number of amides is 1. The fourth-order valence-electron chi connectivity index (χ4n) is 3.12. The number of nitrogens with zero attached hydrogens (tertiary/aromatic N) is 2. The number of rotatable bonds is 4. The molecule has 1 fully saturated rings. The van der Waals surface area contributed by atoms with Gasteiger partial charge in [0.15, 0.2) is 5.13 Å². The van der Waals surface area contributed by atoms with E-state index in [-0.39, 0.29) is 5.91 Å². The van der Waals surface area contributed by atoms with E-state index in [9.17, 15) is 4.79 Å². The van der Waals surface area contributed by atoms with Crippen molar-refractivity contribution in [3.05, 3.63) is 46.0 Å². The molecule has 3 rings (SSSR count). The van der Waals surface area contributed by atoms with E-state index in [0.29, 0.717) is 5.13 Å². The third kappa shape index (κ3) is 4.22. The number of hydrogen-bond acceptors (Lipinski definition) is 4. The summed E-state index contributed by atoms with van der Waals surface area (Å²) in [5, 5.41) is 5.69. The zero-order chi connectivity index (χ0) is 16.9. The molecule has 0 spiro atoms. The van der Waals surface area contributed by atoms with Crippen molar-refractivity contribution < 1.29 is 4.79 Å². The summed E-state index contributed by atoms with van der Waals surface area (Å²) in [5.74, 6) is -0.0770. The summed E-state index contributed by atoms with van der Waals surface area (Å²) in [6, 6.07) is 5.81. The lowest BCUT2D eigenvalue weighted by Crippen LogP contribution is -2.24. The van der Waals surface area contributed by atoms with Crippen molar-refractivity contribution in [3.63, 3.8) is 0 Å². The van der Waals surface area contributed by atoms with Gasteiger partial charge in [-0.15, -0.1) is 11.3 Å². The lowest BCUT2D eigenvalue weighted by Gasteiger charge is -2.17. The van der Waals surface area contributed by atoms with Gasteiger partial charge in [-0.05, 0) is 57.0 Å². The van der Waals surface area contributed by atoms with Gasteiger partial charge in [0.2, 0.25) is 0 Å². The maximum absolute atomic E-state index is 12.5. The summed E-state index contributed by atoms with van der Waals surface area (Å²) in [6.07, 6.45) is 5.23. The van der Waals surface area contributed by atoms with E-state index in [1.54, 1.807) is 0 Å². The molecule has 1 aliphatic heterocycles. The molecule has 0 radical (unpaired) electrons. The van der Waals surface area contributed by atoms with Crippen LogP contribution >= 0.6 is 11.3 Å². The molecule has 1 amide bonds. The van der Waals surface area contributed by atoms with Crippen LogP contribution in [0, 0.1) is 13.8 Å². The van der Waals surface area contributed by atoms with E-state index >= 15 is 0 Å². The van der Waals surface area contributed by atoms with Crippen molar-refractivity contribution in [1.29, 1.82) is 0 Å². The number of aromatic nitrogens is 1. The number of carbonyl (C=O) groups excluding carboxylic acids is 1. The molecule has 5 heteroatoms. The summed E-state index contributed by atoms with van der Waals surface area (Å²) in [4.78, 5) is 19.5. The van der Waals surface area contributed by atoms with E-state index in [1.807, 2.05) is 32.0 Å². The number of likely N-dealkylation sites (tertiary alicyclic amines) is 1. The molecule has 128 valence electrons. The monoisotopic (exact) mass is 343 g/mol. The minimum atomic E-state index is -0.0770. The van der Waals surface area contributed by atoms with Crippen LogP contribution in [0.15, 0.2) is 23.6 Å². The van der Waals surface area contributed by atoms with Gasteiger partial charge in [-0.2, -0.15) is 0 Å². The van der Waals surface area contributed by atoms with Crippen LogP contribution in [-0.2, 0) is 6.54 Å². The van der Waals surface area contributed by atoms with Crippen LogP contribution in [-0.4, -0.2) is 28.9 Å². The third-order valence-electron chi connectivity index (χ3n) is 4.71. The first-order valence-corrected chi connectivity index (χ1v) is 9.56. The largest absolute Gasteiger partial charge is 0.298 e. The molecule has 1 saturated heterocycles. The summed E-state index contributed by atoms with van der Waals surface area (Å²) in [5.41, 5.74) is 3.93. The highest BCUT2D eigenvalue weighted by atomic mass is 32.1. The quantitative estimate of drug-likeness (QED) is 0.895. The first kappa shape index (κ1) is 17.1. The summed E-state index contributed by atoms with van der Waals surface area (Å²) in [7, 11) is 0. The van der Waals surface area contributed by atoms with Crippen molar-refractivity contribution in [1.82, 2.24) is 9.88 Å². The second kappa shape index (κ2) is 7.90. The lowest BCUT2D eigenvalue weighted by molar-refractivity contribution is 0.102. The molecule has 0 atom stereocenters. The average molecular weight is 343 g/mol. The molecule has 24 heavy (non-hydrogen) atoms. The normalized spacial score (nSPS) is 15.9. The highest BCUT2D eigenvalue weighted by Crippen LogP contribution is 2.20. The third-order valence-corrected chi connectivity index (χ3v) is 5.51. The number of carbonyl (C=O) groups is 1. The number of benzene rings is 1. The maximum Gasteiger partial charge on any atom is 0.257 e. The Hall–Kier alpha value is -1.72. The first-order chi connectivity index (χ1) is 11.6. The van der Waals surface area contributed by atoms with Gasteiger partial charge >= 0.3 is 0 Å². The summed E-state index contributed by atoms with van der Waals surface area (Å²) < 4.78 is 0. The van der Waals surface area contributed by atoms with Crippen molar-refractivity contribution in [3.8, 4) is 0 Å². The van der Waals surface area contributed by atoms with Gasteiger partial charge in [-0.25, -0.2) is 4.98 Å². The molecule has 0 bridgehead atoms. The molecule has 4 nitrogen and oxygen atoms in total. The van der Waals surface area contributed by atoms with Crippen molar-refractivity contribution in [2.75, 3.05) is 18.4 Å². The molecule has 2 aromatic rings. The Morgan fingerprint density at radius 3 is 2.71 bits per heavy atom. The fraction of sp³-hybridized carbons (Fsp3) is 0.474. The Bertz CT molecular complexity index is 702. The minimum absolute atomic E-state index is 0.0770. The van der Waals surface area contributed by atoms with Gasteiger partial charge < -0.3 is 0 Å². The molecule has 2 heterocycles. The number of aryl methyl sites for hydroxylation is 1. The Morgan fingerprint density at radius 2 is 1.96 bits per heavy atom. The molecule has 0 unspecified atom stereocenters. The maximum atomic E-state index is 12.5. The van der Waals surface area contributed by atoms with Crippen LogP contribution in [0.3, 0.4) is 0 Å². The van der Waals surface area contributed by atoms with Crippen LogP contribution in [0.5, 0.6) is 0 Å². The van der Waals surface area contributed by atoms with E-state index in [1.165, 1.54) is 37.0 Å². The van der Waals surface area contributed by atoms with Crippen LogP contribution in [0.25, 0.3) is 0 Å². The Morgan fingerprint density at radius 1 is 1.21 bits per heavy atom. The van der Waals surface area contributed by atoms with Crippen molar-refractivity contribution in [2.45, 2.75) is 46.1 Å². The number of hydrogen-bond donors (Lipinski definition) is 1. The van der Waals surface area contributed by atoms with Crippen LogP contribution in [0.2, 0.25) is 0 Å². The summed E-state index contributed by atoms with van der Waals surface area (Å²) >= 11 is 1.51. The van der Waals surface area contributed by atoms with Crippen molar-refractivity contribution >= 4 is 22.4 Å². The highest BCUT2D eigenvalue weighted by Gasteiger charge is 2.14. The Kier molecular flexibility index (Phi) is 5.63. The SMILES string of the molecule is Cc1cccc(C(=O)Nc2nc(CN3CCCCCC3)cs2)c1C. The minimum Gasteiger partial charge on any atom is -0.298 e. The zero-order valence-corrected chi connectivity index (χ0v) is 15.3. The molecule has 0 aliphatic carbocycles. The van der Waals surface area contributed by atoms with E-state index in [0.717, 1.165) is 42.0 Å². The smallest absolute Gasteiger partial charge is 0.257 e.